The van der Waals surface area contributed by atoms with Crippen LogP contribution in [0.4, 0.5) is 0 Å². The summed E-state index contributed by atoms with van der Waals surface area (Å²) >= 11 is 0. The molecule has 0 saturated carbocycles. The van der Waals surface area contributed by atoms with Gasteiger partial charge in [0.2, 0.25) is 0 Å². The predicted octanol–water partition coefficient (Wildman–Crippen LogP) is 2.90. The van der Waals surface area contributed by atoms with Gasteiger partial charge in [-0.05, 0) is 46.8 Å². The van der Waals surface area contributed by atoms with E-state index in [-0.39, 0.29) is 11.9 Å². The molecule has 4 rings (SSSR count). The molecule has 3 heterocycles. The average molecular weight is 559 g/mol. The van der Waals surface area contributed by atoms with Crippen molar-refractivity contribution < 1.29 is 33.0 Å². The van der Waals surface area contributed by atoms with E-state index in [1.165, 1.54) is 24.0 Å². The number of aliphatic hydroxyl groups excluding tert-OH is 1. The van der Waals surface area contributed by atoms with Crippen molar-refractivity contribution in [2.45, 2.75) is 65.1 Å². The first-order valence-electron chi connectivity index (χ1n) is 12.3. The fourth-order valence-electron chi connectivity index (χ4n) is 4.20. The number of rotatable bonds is 10. The zero-order valence-corrected chi connectivity index (χ0v) is 23.1. The van der Waals surface area contributed by atoms with Gasteiger partial charge in [0, 0.05) is 0 Å². The molecule has 0 radical (unpaired) electrons. The van der Waals surface area contributed by atoms with E-state index in [0.717, 1.165) is 0 Å². The van der Waals surface area contributed by atoms with Gasteiger partial charge in [0.05, 0.1) is 36.4 Å². The van der Waals surface area contributed by atoms with Crippen molar-refractivity contribution in [3.8, 4) is 11.8 Å². The largest absolute Gasteiger partial charge is 0.462 e. The van der Waals surface area contributed by atoms with Gasteiger partial charge in [-0.15, -0.1) is 0 Å². The van der Waals surface area contributed by atoms with E-state index in [4.69, 9.17) is 18.5 Å². The van der Waals surface area contributed by atoms with E-state index in [9.17, 15) is 19.7 Å². The molecule has 0 unspecified atom stereocenters. The van der Waals surface area contributed by atoms with Gasteiger partial charge < -0.3 is 19.1 Å². The van der Waals surface area contributed by atoms with E-state index >= 15 is 0 Å². The lowest BCUT2D eigenvalue weighted by molar-refractivity contribution is -0.149. The molecule has 1 saturated heterocycles. The number of benzene rings is 1. The normalized spacial score (nSPS) is 25.2. The number of aromatic nitrogens is 4. The minimum absolute atomic E-state index is 0.228. The van der Waals surface area contributed by atoms with Crippen LogP contribution in [0.5, 0.6) is 5.75 Å². The fraction of sp³-hybridized carbons (Fsp3) is 0.480. The summed E-state index contributed by atoms with van der Waals surface area (Å²) in [6.45, 7) is 7.75. The number of nitrogens with one attached hydrogen (secondary N) is 1. The topological polar surface area (TPSA) is 170 Å². The van der Waals surface area contributed by atoms with Crippen LogP contribution < -0.4 is 9.61 Å². The van der Waals surface area contributed by atoms with E-state index in [0.29, 0.717) is 17.0 Å². The van der Waals surface area contributed by atoms with Crippen LogP contribution in [0.2, 0.25) is 0 Å². The first-order chi connectivity index (χ1) is 18.5. The first kappa shape index (κ1) is 28.6. The van der Waals surface area contributed by atoms with Crippen molar-refractivity contribution in [2.24, 2.45) is 5.41 Å². The van der Waals surface area contributed by atoms with Crippen LogP contribution in [0.1, 0.15) is 45.2 Å². The molecule has 39 heavy (non-hydrogen) atoms. The van der Waals surface area contributed by atoms with Crippen molar-refractivity contribution in [2.75, 3.05) is 6.61 Å². The summed E-state index contributed by atoms with van der Waals surface area (Å²) in [7, 11) is -4.21. The van der Waals surface area contributed by atoms with Crippen molar-refractivity contribution >= 4 is 19.4 Å². The van der Waals surface area contributed by atoms with Gasteiger partial charge in [-0.3, -0.25) is 9.32 Å². The highest BCUT2D eigenvalue weighted by Gasteiger charge is 2.56. The summed E-state index contributed by atoms with van der Waals surface area (Å²) in [5.74, 6) is -0.421. The molecule has 1 fully saturated rings. The number of imidazole rings is 1. The Kier molecular flexibility index (Phi) is 8.34. The quantitative estimate of drug-likeness (QED) is 0.276. The Morgan fingerprint density at radius 1 is 1.31 bits per heavy atom. The van der Waals surface area contributed by atoms with E-state index in [1.807, 2.05) is 0 Å². The maximum Gasteiger partial charge on any atom is 0.459 e. The van der Waals surface area contributed by atoms with Gasteiger partial charge >= 0.3 is 13.7 Å². The summed E-state index contributed by atoms with van der Waals surface area (Å²) in [5, 5.41) is 28.0. The van der Waals surface area contributed by atoms with Crippen molar-refractivity contribution in [1.82, 2.24) is 24.7 Å². The zero-order valence-electron chi connectivity index (χ0n) is 22.2. The third-order valence-corrected chi connectivity index (χ3v) is 7.92. The maximum absolute atomic E-state index is 13.8. The number of ether oxygens (including phenoxy) is 2. The summed E-state index contributed by atoms with van der Waals surface area (Å²) in [4.78, 5) is 20.8. The van der Waals surface area contributed by atoms with Gasteiger partial charge in [-0.25, -0.2) is 19.0 Å². The van der Waals surface area contributed by atoms with Crippen LogP contribution >= 0.6 is 7.75 Å². The maximum atomic E-state index is 13.8. The molecule has 3 aromatic rings. The van der Waals surface area contributed by atoms with Crippen LogP contribution in [-0.2, 0) is 23.4 Å². The number of fused-ring (bicyclic) bond motifs is 1. The van der Waals surface area contributed by atoms with Crippen molar-refractivity contribution in [3.63, 3.8) is 0 Å². The standard InChI is InChI=1S/C25H31N6O7P/c1-15(2)36-24(33)17(4)30-39(34,38-18-9-7-6-8-10-18)35-12-20-21(32)25(5,13-26)22(37-20)19-11-27-23-16(3)28-14-29-31(19)23/h6-11,14-15,17,20-22,32H,12H2,1-5H3,(H,30,34)/t17-,20+,21+,22-,25+,39+/m0/s1. The number of carbonyl (C=O) groups is 1. The minimum atomic E-state index is -4.21. The Balaban J connectivity index is 1.57. The summed E-state index contributed by atoms with van der Waals surface area (Å²) in [6.07, 6.45) is -0.876. The number of hydrogen-bond acceptors (Lipinski definition) is 11. The molecule has 0 bridgehead atoms. The summed E-state index contributed by atoms with van der Waals surface area (Å²) in [6, 6.07) is 9.38. The first-order valence-corrected chi connectivity index (χ1v) is 13.9. The Morgan fingerprint density at radius 2 is 2.03 bits per heavy atom. The average Bonchev–Trinajstić information content (AvgIpc) is 3.43. The number of carbonyl (C=O) groups excluding carboxylic acids is 1. The van der Waals surface area contributed by atoms with E-state index in [2.05, 4.69) is 26.2 Å². The lowest BCUT2D eigenvalue weighted by atomic mass is 9.80. The van der Waals surface area contributed by atoms with Crippen molar-refractivity contribution in [1.29, 1.82) is 5.26 Å². The van der Waals surface area contributed by atoms with Gasteiger partial charge in [-0.1, -0.05) is 18.2 Å². The molecule has 1 aliphatic heterocycles. The second kappa shape index (κ2) is 11.4. The van der Waals surface area contributed by atoms with Gasteiger partial charge in [0.15, 0.2) is 5.65 Å². The van der Waals surface area contributed by atoms with Gasteiger partial charge in [0.1, 0.15) is 41.8 Å². The number of aryl methyl sites for hydroxylation is 1. The Morgan fingerprint density at radius 3 is 2.69 bits per heavy atom. The SMILES string of the molecule is Cc1ncnn2c([C@@H]3O[C@H](CO[P@](=O)(N[C@@H](C)C(=O)OC(C)C)Oc4ccccc4)[C@@H](O)[C@@]3(C)C#N)cnc12. The number of nitriles is 1. The minimum Gasteiger partial charge on any atom is -0.462 e. The number of nitrogens with zero attached hydrogens (tertiary/aromatic N) is 5. The summed E-state index contributed by atoms with van der Waals surface area (Å²) < 4.78 is 38.0. The lowest BCUT2D eigenvalue weighted by Gasteiger charge is -2.26. The fourth-order valence-corrected chi connectivity index (χ4v) is 5.70. The Bertz CT molecular complexity index is 1410. The molecule has 14 heteroatoms. The number of para-hydroxylation sites is 1. The molecular formula is C25H31N6O7P. The second-order valence-corrected chi connectivity index (χ2v) is 11.4. The second-order valence-electron chi connectivity index (χ2n) is 9.69. The molecule has 13 nitrogen and oxygen atoms in total. The molecule has 6 atom stereocenters. The molecule has 0 spiro atoms. The van der Waals surface area contributed by atoms with Crippen LogP contribution in [0.15, 0.2) is 42.9 Å². The van der Waals surface area contributed by atoms with Crippen LogP contribution in [0.25, 0.3) is 5.65 Å². The smallest absolute Gasteiger partial charge is 0.459 e. The van der Waals surface area contributed by atoms with Crippen LogP contribution in [-0.4, -0.2) is 61.6 Å². The molecule has 0 aliphatic carbocycles. The number of aliphatic hydroxyl groups is 1. The third kappa shape index (κ3) is 5.95. The number of esters is 1. The molecule has 0 amide bonds. The van der Waals surface area contributed by atoms with E-state index in [1.54, 1.807) is 58.0 Å². The zero-order chi connectivity index (χ0) is 28.4. The Hall–Kier alpha value is -3.40. The van der Waals surface area contributed by atoms with E-state index < -0.39 is 50.1 Å². The third-order valence-electron chi connectivity index (χ3n) is 6.27. The molecule has 1 aliphatic rings. The molecular weight excluding hydrogens is 527 g/mol. The van der Waals surface area contributed by atoms with Crippen LogP contribution in [0.3, 0.4) is 0 Å². The Labute approximate surface area is 225 Å². The van der Waals surface area contributed by atoms with Gasteiger partial charge in [-0.2, -0.15) is 15.4 Å². The predicted molar refractivity (Wildman–Crippen MR) is 137 cm³/mol. The van der Waals surface area contributed by atoms with Gasteiger partial charge in [0.25, 0.3) is 0 Å². The van der Waals surface area contributed by atoms with Crippen LogP contribution in [0, 0.1) is 23.7 Å². The lowest BCUT2D eigenvalue weighted by Crippen LogP contribution is -2.39. The van der Waals surface area contributed by atoms with Crippen molar-refractivity contribution in [3.05, 3.63) is 54.2 Å². The molecule has 2 aromatic heterocycles. The number of hydrogen-bond donors (Lipinski definition) is 2. The highest BCUT2D eigenvalue weighted by molar-refractivity contribution is 7.52. The monoisotopic (exact) mass is 558 g/mol. The summed E-state index contributed by atoms with van der Waals surface area (Å²) in [5.41, 5.74) is 0.129. The molecule has 2 N–H and O–H groups in total. The molecule has 208 valence electrons. The highest BCUT2D eigenvalue weighted by atomic mass is 31.2. The highest BCUT2D eigenvalue weighted by Crippen LogP contribution is 2.50. The molecule has 1 aromatic carbocycles.